The molecular formula is C22H27N5O. The van der Waals surface area contributed by atoms with Crippen molar-refractivity contribution in [2.45, 2.75) is 45.2 Å². The fraction of sp³-hybridized carbons (Fsp3) is 0.409. The maximum Gasteiger partial charge on any atom is 0.242 e. The van der Waals surface area contributed by atoms with E-state index in [1.165, 1.54) is 5.56 Å². The summed E-state index contributed by atoms with van der Waals surface area (Å²) in [5.41, 5.74) is 1.28. The van der Waals surface area contributed by atoms with Crippen LogP contribution in [-0.4, -0.2) is 43.0 Å². The van der Waals surface area contributed by atoms with Crippen LogP contribution in [0.15, 0.2) is 55.1 Å². The van der Waals surface area contributed by atoms with Gasteiger partial charge in [0, 0.05) is 56.8 Å². The monoisotopic (exact) mass is 377 g/mol. The number of aromatic nitrogens is 4. The molecule has 1 aliphatic heterocycles. The lowest BCUT2D eigenvalue weighted by molar-refractivity contribution is -0.132. The molecule has 3 aromatic rings. The molecule has 0 atom stereocenters. The van der Waals surface area contributed by atoms with Gasteiger partial charge in [0.25, 0.3) is 0 Å². The average Bonchev–Trinajstić information content (AvgIpc) is 3.38. The van der Waals surface area contributed by atoms with Gasteiger partial charge in [0.15, 0.2) is 0 Å². The first-order valence-electron chi connectivity index (χ1n) is 10.1. The summed E-state index contributed by atoms with van der Waals surface area (Å²) in [5.74, 6) is 2.69. The number of likely N-dealkylation sites (tertiary alicyclic amines) is 1. The highest BCUT2D eigenvalue weighted by Crippen LogP contribution is 2.27. The number of carbonyl (C=O) groups is 1. The minimum atomic E-state index is 0.179. The molecule has 3 heterocycles. The standard InChI is InChI=1S/C22H27N5O/c1-2-20-23-10-14-26(20)17-21(28)25-12-8-19(9-13-25)22-24-11-15-27(22)16-18-6-4-3-5-7-18/h3-7,10-11,14-15,19H,2,8-9,12-13,16-17H2,1H3. The minimum Gasteiger partial charge on any atom is -0.341 e. The molecule has 0 radical (unpaired) electrons. The first-order chi connectivity index (χ1) is 13.7. The van der Waals surface area contributed by atoms with Crippen LogP contribution in [0, 0.1) is 0 Å². The first kappa shape index (κ1) is 18.5. The van der Waals surface area contributed by atoms with E-state index in [1.807, 2.05) is 27.9 Å². The Morgan fingerprint density at radius 3 is 2.50 bits per heavy atom. The third-order valence-corrected chi connectivity index (χ3v) is 5.58. The molecule has 1 saturated heterocycles. The Balaban J connectivity index is 1.36. The lowest BCUT2D eigenvalue weighted by Gasteiger charge is -2.32. The van der Waals surface area contributed by atoms with Crippen molar-refractivity contribution in [2.75, 3.05) is 13.1 Å². The highest BCUT2D eigenvalue weighted by atomic mass is 16.2. The molecule has 146 valence electrons. The smallest absolute Gasteiger partial charge is 0.242 e. The van der Waals surface area contributed by atoms with E-state index in [0.717, 1.165) is 50.5 Å². The zero-order valence-corrected chi connectivity index (χ0v) is 16.4. The van der Waals surface area contributed by atoms with Crippen molar-refractivity contribution in [3.05, 3.63) is 72.3 Å². The highest BCUT2D eigenvalue weighted by Gasteiger charge is 2.26. The molecule has 0 unspecified atom stereocenters. The summed E-state index contributed by atoms with van der Waals surface area (Å²) < 4.78 is 4.21. The number of imidazole rings is 2. The maximum atomic E-state index is 12.7. The predicted octanol–water partition coefficient (Wildman–Crippen LogP) is 3.10. The van der Waals surface area contributed by atoms with Crippen LogP contribution in [-0.2, 0) is 24.3 Å². The molecule has 0 saturated carbocycles. The molecule has 6 heteroatoms. The molecule has 1 fully saturated rings. The molecule has 1 aromatic carbocycles. The molecule has 0 N–H and O–H groups in total. The van der Waals surface area contributed by atoms with Crippen LogP contribution in [0.4, 0.5) is 0 Å². The van der Waals surface area contributed by atoms with Gasteiger partial charge in [-0.2, -0.15) is 0 Å². The summed E-state index contributed by atoms with van der Waals surface area (Å²) in [6.07, 6.45) is 10.4. The topological polar surface area (TPSA) is 56.0 Å². The van der Waals surface area contributed by atoms with Gasteiger partial charge in [-0.05, 0) is 18.4 Å². The van der Waals surface area contributed by atoms with Crippen molar-refractivity contribution >= 4 is 5.91 Å². The highest BCUT2D eigenvalue weighted by molar-refractivity contribution is 5.76. The third kappa shape index (κ3) is 4.01. The summed E-state index contributed by atoms with van der Waals surface area (Å²) in [6.45, 7) is 4.87. The van der Waals surface area contributed by atoms with E-state index in [9.17, 15) is 4.79 Å². The maximum absolute atomic E-state index is 12.7. The van der Waals surface area contributed by atoms with Gasteiger partial charge in [-0.3, -0.25) is 4.79 Å². The number of carbonyl (C=O) groups excluding carboxylic acids is 1. The Kier molecular flexibility index (Phi) is 5.55. The summed E-state index contributed by atoms with van der Waals surface area (Å²) in [6, 6.07) is 10.5. The van der Waals surface area contributed by atoms with E-state index in [2.05, 4.69) is 51.9 Å². The number of aryl methyl sites for hydroxylation is 1. The Hall–Kier alpha value is -2.89. The van der Waals surface area contributed by atoms with Crippen LogP contribution < -0.4 is 0 Å². The number of rotatable bonds is 6. The number of hydrogen-bond acceptors (Lipinski definition) is 3. The van der Waals surface area contributed by atoms with Crippen LogP contribution >= 0.6 is 0 Å². The van der Waals surface area contributed by atoms with Crippen LogP contribution in [0.25, 0.3) is 0 Å². The SMILES string of the molecule is CCc1nccn1CC(=O)N1CCC(c2nccn2Cc2ccccc2)CC1. The van der Waals surface area contributed by atoms with Crippen molar-refractivity contribution in [1.82, 2.24) is 24.0 Å². The zero-order valence-electron chi connectivity index (χ0n) is 16.4. The van der Waals surface area contributed by atoms with Crippen molar-refractivity contribution < 1.29 is 4.79 Å². The van der Waals surface area contributed by atoms with Gasteiger partial charge in [-0.1, -0.05) is 37.3 Å². The lowest BCUT2D eigenvalue weighted by Crippen LogP contribution is -2.40. The van der Waals surface area contributed by atoms with Crippen molar-refractivity contribution in [1.29, 1.82) is 0 Å². The summed E-state index contributed by atoms with van der Waals surface area (Å²) >= 11 is 0. The second-order valence-corrected chi connectivity index (χ2v) is 7.38. The number of hydrogen-bond donors (Lipinski definition) is 0. The summed E-state index contributed by atoms with van der Waals surface area (Å²) in [4.78, 5) is 23.6. The predicted molar refractivity (Wildman–Crippen MR) is 108 cm³/mol. The summed E-state index contributed by atoms with van der Waals surface area (Å²) in [7, 11) is 0. The normalized spacial score (nSPS) is 15.1. The molecule has 6 nitrogen and oxygen atoms in total. The molecule has 4 rings (SSSR count). The van der Waals surface area contributed by atoms with Gasteiger partial charge >= 0.3 is 0 Å². The van der Waals surface area contributed by atoms with Crippen molar-refractivity contribution in [2.24, 2.45) is 0 Å². The number of piperidine rings is 1. The molecular weight excluding hydrogens is 350 g/mol. The van der Waals surface area contributed by atoms with Gasteiger partial charge in [0.2, 0.25) is 5.91 Å². The van der Waals surface area contributed by atoms with Gasteiger partial charge in [0.1, 0.15) is 18.2 Å². The first-order valence-corrected chi connectivity index (χ1v) is 10.1. The van der Waals surface area contributed by atoms with E-state index in [0.29, 0.717) is 12.5 Å². The Bertz CT molecular complexity index is 906. The van der Waals surface area contributed by atoms with Crippen LogP contribution in [0.3, 0.4) is 0 Å². The fourth-order valence-electron chi connectivity index (χ4n) is 4.03. The second-order valence-electron chi connectivity index (χ2n) is 7.38. The van der Waals surface area contributed by atoms with E-state index < -0.39 is 0 Å². The molecule has 1 amide bonds. The van der Waals surface area contributed by atoms with Gasteiger partial charge < -0.3 is 14.0 Å². The third-order valence-electron chi connectivity index (χ3n) is 5.58. The Labute approximate surface area is 165 Å². The van der Waals surface area contributed by atoms with E-state index in [1.54, 1.807) is 6.20 Å². The van der Waals surface area contributed by atoms with Crippen LogP contribution in [0.2, 0.25) is 0 Å². The second kappa shape index (κ2) is 8.42. The number of nitrogens with zero attached hydrogens (tertiary/aromatic N) is 5. The van der Waals surface area contributed by atoms with Gasteiger partial charge in [0.05, 0.1) is 0 Å². The van der Waals surface area contributed by atoms with Crippen LogP contribution in [0.5, 0.6) is 0 Å². The van der Waals surface area contributed by atoms with Gasteiger partial charge in [-0.25, -0.2) is 9.97 Å². The molecule has 0 spiro atoms. The van der Waals surface area contributed by atoms with Crippen molar-refractivity contribution in [3.63, 3.8) is 0 Å². The Morgan fingerprint density at radius 1 is 1.04 bits per heavy atom. The largest absolute Gasteiger partial charge is 0.341 e. The quantitative estimate of drug-likeness (QED) is 0.663. The lowest BCUT2D eigenvalue weighted by atomic mass is 9.95. The molecule has 0 bridgehead atoms. The van der Waals surface area contributed by atoms with E-state index >= 15 is 0 Å². The molecule has 1 aliphatic rings. The zero-order chi connectivity index (χ0) is 19.3. The molecule has 2 aromatic heterocycles. The average molecular weight is 377 g/mol. The number of amides is 1. The fourth-order valence-corrected chi connectivity index (χ4v) is 4.03. The van der Waals surface area contributed by atoms with E-state index in [4.69, 9.17) is 0 Å². The summed E-state index contributed by atoms with van der Waals surface area (Å²) in [5, 5.41) is 0. The Morgan fingerprint density at radius 2 is 1.75 bits per heavy atom. The van der Waals surface area contributed by atoms with Gasteiger partial charge in [-0.15, -0.1) is 0 Å². The minimum absolute atomic E-state index is 0.179. The van der Waals surface area contributed by atoms with E-state index in [-0.39, 0.29) is 5.91 Å². The molecule has 28 heavy (non-hydrogen) atoms. The van der Waals surface area contributed by atoms with Crippen LogP contribution in [0.1, 0.15) is 42.9 Å². The number of benzene rings is 1. The van der Waals surface area contributed by atoms with Crippen molar-refractivity contribution in [3.8, 4) is 0 Å². The molecule has 0 aliphatic carbocycles.